The van der Waals surface area contributed by atoms with Crippen LogP contribution >= 0.6 is 0 Å². The number of hydrogen-bond acceptors (Lipinski definition) is 4. The summed E-state index contributed by atoms with van der Waals surface area (Å²) in [4.78, 5) is 13.0. The van der Waals surface area contributed by atoms with Crippen LogP contribution in [0.1, 0.15) is 5.56 Å². The summed E-state index contributed by atoms with van der Waals surface area (Å²) in [7, 11) is 5.10. The van der Waals surface area contributed by atoms with E-state index >= 15 is 0 Å². The van der Waals surface area contributed by atoms with Gasteiger partial charge in [0.1, 0.15) is 5.75 Å². The average Bonchev–Trinajstić information content (AvgIpc) is 2.42. The number of rotatable bonds is 8. The van der Waals surface area contributed by atoms with Crippen molar-refractivity contribution >= 4 is 5.91 Å². The van der Waals surface area contributed by atoms with Crippen LogP contribution in [-0.2, 0) is 16.1 Å². The predicted molar refractivity (Wildman–Crippen MR) is 74.2 cm³/mol. The van der Waals surface area contributed by atoms with Gasteiger partial charge in [0.15, 0.2) is 6.61 Å². The topological polar surface area (TPSA) is 50.8 Å². The summed E-state index contributed by atoms with van der Waals surface area (Å²) in [5, 5.41) is 3.25. The van der Waals surface area contributed by atoms with Crippen molar-refractivity contribution in [2.75, 3.05) is 41.0 Å². The molecule has 106 valence electrons. The molecule has 1 rings (SSSR count). The normalized spacial score (nSPS) is 10.3. The number of carbonyl (C=O) groups excluding carboxylic acids is 1. The van der Waals surface area contributed by atoms with Crippen LogP contribution in [0.2, 0.25) is 0 Å². The number of likely N-dealkylation sites (N-methyl/N-ethyl adjacent to an activating group) is 1. The summed E-state index contributed by atoms with van der Waals surface area (Å²) in [6, 6.07) is 7.70. The lowest BCUT2D eigenvalue weighted by Crippen LogP contribution is -2.28. The Morgan fingerprint density at radius 2 is 2.05 bits per heavy atom. The van der Waals surface area contributed by atoms with Crippen molar-refractivity contribution in [1.82, 2.24) is 10.2 Å². The Hall–Kier alpha value is -1.59. The maximum atomic E-state index is 11.5. The summed E-state index contributed by atoms with van der Waals surface area (Å²) in [5.41, 5.74) is 1.03. The quantitative estimate of drug-likeness (QED) is 0.710. The van der Waals surface area contributed by atoms with E-state index in [9.17, 15) is 4.79 Å². The Morgan fingerprint density at radius 3 is 2.74 bits per heavy atom. The molecule has 0 saturated carbocycles. The van der Waals surface area contributed by atoms with Gasteiger partial charge in [0.2, 0.25) is 0 Å². The molecule has 5 nitrogen and oxygen atoms in total. The number of ether oxygens (including phenoxy) is 2. The zero-order chi connectivity index (χ0) is 14.1. The van der Waals surface area contributed by atoms with Crippen molar-refractivity contribution in [1.29, 1.82) is 0 Å². The van der Waals surface area contributed by atoms with Crippen LogP contribution in [0.3, 0.4) is 0 Å². The van der Waals surface area contributed by atoms with Gasteiger partial charge in [-0.2, -0.15) is 0 Å². The maximum absolute atomic E-state index is 11.5. The maximum Gasteiger partial charge on any atom is 0.259 e. The summed E-state index contributed by atoms with van der Waals surface area (Å²) >= 11 is 0. The first kappa shape index (κ1) is 15.5. The molecule has 0 unspecified atom stereocenters. The molecule has 1 amide bonds. The van der Waals surface area contributed by atoms with E-state index in [1.165, 1.54) is 4.90 Å². The van der Waals surface area contributed by atoms with E-state index in [2.05, 4.69) is 5.32 Å². The largest absolute Gasteiger partial charge is 0.483 e. The lowest BCUT2D eigenvalue weighted by Gasteiger charge is -2.14. The third-order valence-electron chi connectivity index (χ3n) is 2.62. The fourth-order valence-corrected chi connectivity index (χ4v) is 1.46. The second-order valence-corrected chi connectivity index (χ2v) is 4.35. The number of methoxy groups -OCH3 is 1. The Kier molecular flexibility index (Phi) is 6.92. The molecular formula is C14H22N2O3. The number of amides is 1. The highest BCUT2D eigenvalue weighted by atomic mass is 16.5. The lowest BCUT2D eigenvalue weighted by molar-refractivity contribution is -0.130. The fourth-order valence-electron chi connectivity index (χ4n) is 1.46. The highest BCUT2D eigenvalue weighted by Gasteiger charge is 2.07. The van der Waals surface area contributed by atoms with E-state index in [1.807, 2.05) is 24.3 Å². The van der Waals surface area contributed by atoms with E-state index in [0.29, 0.717) is 13.2 Å². The molecule has 0 aromatic heterocycles. The van der Waals surface area contributed by atoms with Gasteiger partial charge < -0.3 is 19.7 Å². The highest BCUT2D eigenvalue weighted by Crippen LogP contribution is 2.17. The second-order valence-electron chi connectivity index (χ2n) is 4.35. The van der Waals surface area contributed by atoms with E-state index < -0.39 is 0 Å². The molecule has 0 bridgehead atoms. The Morgan fingerprint density at radius 1 is 1.32 bits per heavy atom. The van der Waals surface area contributed by atoms with Crippen molar-refractivity contribution < 1.29 is 14.3 Å². The van der Waals surface area contributed by atoms with Gasteiger partial charge >= 0.3 is 0 Å². The number of nitrogens with one attached hydrogen (secondary N) is 1. The molecule has 0 saturated heterocycles. The van der Waals surface area contributed by atoms with E-state index in [-0.39, 0.29) is 12.5 Å². The third-order valence-corrected chi connectivity index (χ3v) is 2.62. The SMILES string of the molecule is COCCNCc1ccccc1OCC(=O)N(C)C. The minimum Gasteiger partial charge on any atom is -0.483 e. The van der Waals surface area contributed by atoms with E-state index in [4.69, 9.17) is 9.47 Å². The van der Waals surface area contributed by atoms with E-state index in [1.54, 1.807) is 21.2 Å². The second kappa shape index (κ2) is 8.50. The molecule has 0 aliphatic heterocycles. The van der Waals surface area contributed by atoms with Gasteiger partial charge in [0, 0.05) is 39.9 Å². The number of nitrogens with zero attached hydrogens (tertiary/aromatic N) is 1. The molecule has 0 fully saturated rings. The van der Waals surface area contributed by atoms with Crippen LogP contribution in [0.15, 0.2) is 24.3 Å². The third kappa shape index (κ3) is 5.72. The number of para-hydroxylation sites is 1. The molecule has 0 spiro atoms. The molecule has 1 N–H and O–H groups in total. The molecule has 0 aliphatic rings. The molecule has 0 heterocycles. The standard InChI is InChI=1S/C14H22N2O3/c1-16(2)14(17)11-19-13-7-5-4-6-12(13)10-15-8-9-18-3/h4-7,15H,8-11H2,1-3H3. The van der Waals surface area contributed by atoms with Crippen molar-refractivity contribution in [3.63, 3.8) is 0 Å². The van der Waals surface area contributed by atoms with Gasteiger partial charge in [-0.15, -0.1) is 0 Å². The first-order valence-electron chi connectivity index (χ1n) is 6.25. The monoisotopic (exact) mass is 266 g/mol. The zero-order valence-electron chi connectivity index (χ0n) is 11.8. The number of carbonyl (C=O) groups is 1. The zero-order valence-corrected chi connectivity index (χ0v) is 11.8. The summed E-state index contributed by atoms with van der Waals surface area (Å²) in [6.45, 7) is 2.20. The molecule has 0 aliphatic carbocycles. The Labute approximate surface area is 114 Å². The van der Waals surface area contributed by atoms with E-state index in [0.717, 1.165) is 17.9 Å². The molecule has 1 aromatic rings. The van der Waals surface area contributed by atoms with Crippen molar-refractivity contribution in [2.45, 2.75) is 6.54 Å². The van der Waals surface area contributed by atoms with Crippen LogP contribution in [0.25, 0.3) is 0 Å². The summed E-state index contributed by atoms with van der Waals surface area (Å²) in [5.74, 6) is 0.685. The van der Waals surface area contributed by atoms with Gasteiger partial charge in [-0.05, 0) is 6.07 Å². The van der Waals surface area contributed by atoms with Crippen LogP contribution in [0.5, 0.6) is 5.75 Å². The van der Waals surface area contributed by atoms with Crippen molar-refractivity contribution in [3.05, 3.63) is 29.8 Å². The minimum atomic E-state index is -0.0536. The van der Waals surface area contributed by atoms with Gasteiger partial charge in [-0.3, -0.25) is 4.79 Å². The molecule has 19 heavy (non-hydrogen) atoms. The van der Waals surface area contributed by atoms with Crippen molar-refractivity contribution in [3.8, 4) is 5.75 Å². The number of benzene rings is 1. The van der Waals surface area contributed by atoms with Crippen LogP contribution < -0.4 is 10.1 Å². The van der Waals surface area contributed by atoms with Gasteiger partial charge in [-0.25, -0.2) is 0 Å². The first-order chi connectivity index (χ1) is 9.15. The Bertz CT molecular complexity index is 394. The predicted octanol–water partition coefficient (Wildman–Crippen LogP) is 0.890. The van der Waals surface area contributed by atoms with Crippen LogP contribution in [0, 0.1) is 0 Å². The Balaban J connectivity index is 2.50. The van der Waals surface area contributed by atoms with Crippen LogP contribution in [-0.4, -0.2) is 51.8 Å². The molecular weight excluding hydrogens is 244 g/mol. The number of hydrogen-bond donors (Lipinski definition) is 1. The van der Waals surface area contributed by atoms with Gasteiger partial charge in [-0.1, -0.05) is 18.2 Å². The van der Waals surface area contributed by atoms with Crippen molar-refractivity contribution in [2.24, 2.45) is 0 Å². The molecule has 0 radical (unpaired) electrons. The molecule has 0 atom stereocenters. The van der Waals surface area contributed by atoms with Gasteiger partial charge in [0.25, 0.3) is 5.91 Å². The minimum absolute atomic E-state index is 0.0536. The molecule has 1 aromatic carbocycles. The highest BCUT2D eigenvalue weighted by molar-refractivity contribution is 5.77. The summed E-state index contributed by atoms with van der Waals surface area (Å²) < 4.78 is 10.5. The molecule has 5 heteroatoms. The average molecular weight is 266 g/mol. The van der Waals surface area contributed by atoms with Gasteiger partial charge in [0.05, 0.1) is 6.61 Å². The fraction of sp³-hybridized carbons (Fsp3) is 0.500. The first-order valence-corrected chi connectivity index (χ1v) is 6.25. The smallest absolute Gasteiger partial charge is 0.259 e. The lowest BCUT2D eigenvalue weighted by atomic mass is 10.2. The van der Waals surface area contributed by atoms with Crippen LogP contribution in [0.4, 0.5) is 0 Å². The summed E-state index contributed by atoms with van der Waals surface area (Å²) in [6.07, 6.45) is 0.